The number of hydrogen-bond acceptors (Lipinski definition) is 6. The number of amides is 1. The third-order valence-electron chi connectivity index (χ3n) is 3.23. The topological polar surface area (TPSA) is 115 Å². The van der Waals surface area contributed by atoms with Crippen LogP contribution in [0.15, 0.2) is 10.6 Å². The van der Waals surface area contributed by atoms with Crippen molar-refractivity contribution in [1.82, 2.24) is 15.5 Å². The largest absolute Gasteiger partial charge is 0.480 e. The zero-order valence-corrected chi connectivity index (χ0v) is 13.3. The number of carbonyl (C=O) groups excluding carboxylic acids is 1. The molecule has 0 saturated carbocycles. The first-order valence-electron chi connectivity index (χ1n) is 7.24. The van der Waals surface area contributed by atoms with Crippen LogP contribution < -0.4 is 5.32 Å². The SMILES string of the molecule is Cc1noc2nc(C(C)C)cc(C(=O)NCCOCC(=O)O)c12. The number of fused-ring (bicyclic) bond motifs is 1. The molecule has 0 aliphatic heterocycles. The van der Waals surface area contributed by atoms with Crippen LogP contribution in [0.4, 0.5) is 0 Å². The molecule has 2 rings (SSSR count). The summed E-state index contributed by atoms with van der Waals surface area (Å²) in [6.07, 6.45) is 0. The lowest BCUT2D eigenvalue weighted by Crippen LogP contribution is -2.28. The maximum atomic E-state index is 12.4. The summed E-state index contributed by atoms with van der Waals surface area (Å²) < 4.78 is 10.1. The average molecular weight is 321 g/mol. The summed E-state index contributed by atoms with van der Waals surface area (Å²) in [5.74, 6) is -1.21. The molecule has 0 bridgehead atoms. The van der Waals surface area contributed by atoms with E-state index in [9.17, 15) is 9.59 Å². The van der Waals surface area contributed by atoms with Crippen molar-refractivity contribution in [3.63, 3.8) is 0 Å². The van der Waals surface area contributed by atoms with Crippen LogP contribution in [0.2, 0.25) is 0 Å². The van der Waals surface area contributed by atoms with Crippen LogP contribution in [0.1, 0.15) is 41.5 Å². The third kappa shape index (κ3) is 4.04. The first kappa shape index (κ1) is 16.9. The Bertz CT molecular complexity index is 723. The molecule has 2 N–H and O–H groups in total. The fourth-order valence-electron chi connectivity index (χ4n) is 2.08. The monoisotopic (exact) mass is 321 g/mol. The summed E-state index contributed by atoms with van der Waals surface area (Å²) in [7, 11) is 0. The maximum absolute atomic E-state index is 12.4. The Morgan fingerprint density at radius 2 is 2.17 bits per heavy atom. The number of carboxylic acids is 1. The molecule has 0 saturated heterocycles. The smallest absolute Gasteiger partial charge is 0.329 e. The lowest BCUT2D eigenvalue weighted by atomic mass is 10.0. The fourth-order valence-corrected chi connectivity index (χ4v) is 2.08. The highest BCUT2D eigenvalue weighted by Crippen LogP contribution is 2.24. The number of carboxylic acid groups (broad SMARTS) is 1. The number of carbonyl (C=O) groups is 2. The molecule has 2 aromatic heterocycles. The van der Waals surface area contributed by atoms with E-state index in [-0.39, 0.29) is 25.0 Å². The zero-order valence-electron chi connectivity index (χ0n) is 13.3. The van der Waals surface area contributed by atoms with Gasteiger partial charge in [-0.3, -0.25) is 4.79 Å². The number of nitrogens with one attached hydrogen (secondary N) is 1. The van der Waals surface area contributed by atoms with Gasteiger partial charge in [0, 0.05) is 12.2 Å². The molecule has 2 aromatic rings. The van der Waals surface area contributed by atoms with Crippen molar-refractivity contribution in [2.45, 2.75) is 26.7 Å². The minimum absolute atomic E-state index is 0.117. The Morgan fingerprint density at radius 1 is 1.43 bits per heavy atom. The first-order valence-corrected chi connectivity index (χ1v) is 7.24. The van der Waals surface area contributed by atoms with Crippen LogP contribution in [0.25, 0.3) is 11.1 Å². The van der Waals surface area contributed by atoms with E-state index < -0.39 is 12.6 Å². The van der Waals surface area contributed by atoms with Crippen LogP contribution in [-0.2, 0) is 9.53 Å². The molecule has 0 aliphatic rings. The number of ether oxygens (including phenoxy) is 1. The van der Waals surface area contributed by atoms with E-state index in [0.29, 0.717) is 22.4 Å². The standard InChI is InChI=1S/C15H19N3O5/c1-8(2)11-6-10(13-9(3)18-23-15(13)17-11)14(21)16-4-5-22-7-12(19)20/h6,8H,4-5,7H2,1-3H3,(H,16,21)(H,19,20). The van der Waals surface area contributed by atoms with Crippen molar-refractivity contribution >= 4 is 23.0 Å². The maximum Gasteiger partial charge on any atom is 0.329 e. The van der Waals surface area contributed by atoms with Gasteiger partial charge in [-0.25, -0.2) is 9.78 Å². The van der Waals surface area contributed by atoms with Crippen LogP contribution in [0.3, 0.4) is 0 Å². The van der Waals surface area contributed by atoms with Gasteiger partial charge in [0.25, 0.3) is 11.6 Å². The summed E-state index contributed by atoms with van der Waals surface area (Å²) in [6, 6.07) is 1.73. The fraction of sp³-hybridized carbons (Fsp3) is 0.467. The van der Waals surface area contributed by atoms with E-state index in [2.05, 4.69) is 15.5 Å². The van der Waals surface area contributed by atoms with Gasteiger partial charge in [0.1, 0.15) is 6.61 Å². The number of pyridine rings is 1. The lowest BCUT2D eigenvalue weighted by Gasteiger charge is -2.09. The van der Waals surface area contributed by atoms with Gasteiger partial charge in [-0.2, -0.15) is 0 Å². The molecule has 0 spiro atoms. The van der Waals surface area contributed by atoms with Crippen LogP contribution in [0.5, 0.6) is 0 Å². The van der Waals surface area contributed by atoms with Crippen LogP contribution in [-0.4, -0.2) is 46.9 Å². The minimum Gasteiger partial charge on any atom is -0.480 e. The second-order valence-electron chi connectivity index (χ2n) is 5.40. The van der Waals surface area contributed by atoms with Gasteiger partial charge in [0.15, 0.2) is 0 Å². The molecule has 23 heavy (non-hydrogen) atoms. The first-order chi connectivity index (χ1) is 10.9. The molecule has 8 nitrogen and oxygen atoms in total. The van der Waals surface area contributed by atoms with Crippen LogP contribution >= 0.6 is 0 Å². The number of aryl methyl sites for hydroxylation is 1. The Hall–Kier alpha value is -2.48. The van der Waals surface area contributed by atoms with Gasteiger partial charge in [0.05, 0.1) is 23.3 Å². The molecule has 0 radical (unpaired) electrons. The predicted molar refractivity (Wildman–Crippen MR) is 81.4 cm³/mol. The van der Waals surface area contributed by atoms with Gasteiger partial charge in [-0.1, -0.05) is 19.0 Å². The molecule has 0 aromatic carbocycles. The molecular formula is C15H19N3O5. The summed E-state index contributed by atoms with van der Waals surface area (Å²) in [6.45, 7) is 5.62. The molecule has 0 unspecified atom stereocenters. The molecule has 8 heteroatoms. The van der Waals surface area contributed by atoms with E-state index in [1.807, 2.05) is 13.8 Å². The van der Waals surface area contributed by atoms with Crippen molar-refractivity contribution < 1.29 is 24.0 Å². The summed E-state index contributed by atoms with van der Waals surface area (Å²) in [5.41, 5.74) is 2.10. The van der Waals surface area contributed by atoms with Crippen molar-refractivity contribution in [3.8, 4) is 0 Å². The van der Waals surface area contributed by atoms with Gasteiger partial charge < -0.3 is 19.7 Å². The highest BCUT2D eigenvalue weighted by molar-refractivity contribution is 6.06. The van der Waals surface area contributed by atoms with Gasteiger partial charge >= 0.3 is 5.97 Å². The molecular weight excluding hydrogens is 302 g/mol. The normalized spacial score (nSPS) is 11.1. The molecule has 124 valence electrons. The Balaban J connectivity index is 2.15. The van der Waals surface area contributed by atoms with Crippen molar-refractivity contribution in [1.29, 1.82) is 0 Å². The summed E-state index contributed by atoms with van der Waals surface area (Å²) >= 11 is 0. The number of nitrogens with zero attached hydrogens (tertiary/aromatic N) is 2. The second kappa shape index (κ2) is 7.19. The average Bonchev–Trinajstić information content (AvgIpc) is 2.87. The quantitative estimate of drug-likeness (QED) is 0.742. The highest BCUT2D eigenvalue weighted by atomic mass is 16.5. The second-order valence-corrected chi connectivity index (χ2v) is 5.40. The Labute approximate surface area is 132 Å². The number of rotatable bonds is 7. The van der Waals surface area contributed by atoms with Crippen molar-refractivity contribution in [2.75, 3.05) is 19.8 Å². The van der Waals surface area contributed by atoms with Gasteiger partial charge in [-0.05, 0) is 18.9 Å². The Kier molecular flexibility index (Phi) is 5.28. The van der Waals surface area contributed by atoms with E-state index in [1.165, 1.54) is 0 Å². The van der Waals surface area contributed by atoms with Crippen molar-refractivity contribution in [2.24, 2.45) is 0 Å². The number of aliphatic carboxylic acids is 1. The summed E-state index contributed by atoms with van der Waals surface area (Å²) in [4.78, 5) is 27.1. The van der Waals surface area contributed by atoms with Crippen LogP contribution in [0, 0.1) is 6.92 Å². The van der Waals surface area contributed by atoms with E-state index in [0.717, 1.165) is 5.69 Å². The molecule has 0 atom stereocenters. The number of aromatic nitrogens is 2. The van der Waals surface area contributed by atoms with Gasteiger partial charge in [0.2, 0.25) is 0 Å². The minimum atomic E-state index is -1.05. The number of hydrogen-bond donors (Lipinski definition) is 2. The lowest BCUT2D eigenvalue weighted by molar-refractivity contribution is -0.142. The molecule has 2 heterocycles. The summed E-state index contributed by atoms with van der Waals surface area (Å²) in [5, 5.41) is 15.6. The highest BCUT2D eigenvalue weighted by Gasteiger charge is 2.19. The molecule has 0 fully saturated rings. The van der Waals surface area contributed by atoms with E-state index in [4.69, 9.17) is 14.4 Å². The third-order valence-corrected chi connectivity index (χ3v) is 3.23. The molecule has 0 aliphatic carbocycles. The van der Waals surface area contributed by atoms with Crippen molar-refractivity contribution in [3.05, 3.63) is 23.0 Å². The van der Waals surface area contributed by atoms with E-state index >= 15 is 0 Å². The predicted octanol–water partition coefficient (Wildman–Crippen LogP) is 1.49. The van der Waals surface area contributed by atoms with Gasteiger partial charge in [-0.15, -0.1) is 0 Å². The zero-order chi connectivity index (χ0) is 17.0. The Morgan fingerprint density at radius 3 is 2.83 bits per heavy atom. The molecule has 1 amide bonds. The van der Waals surface area contributed by atoms with E-state index in [1.54, 1.807) is 13.0 Å².